The van der Waals surface area contributed by atoms with Gasteiger partial charge in [-0.25, -0.2) is 4.98 Å². The highest BCUT2D eigenvalue weighted by molar-refractivity contribution is 6.05. The summed E-state index contributed by atoms with van der Waals surface area (Å²) in [5, 5.41) is 5.80. The molecular weight excluding hydrogens is 464 g/mol. The van der Waals surface area contributed by atoms with Crippen molar-refractivity contribution in [3.8, 4) is 17.1 Å². The van der Waals surface area contributed by atoms with E-state index >= 15 is 0 Å². The summed E-state index contributed by atoms with van der Waals surface area (Å²) in [6.07, 6.45) is 0. The number of hydrogen-bond acceptors (Lipinski definition) is 4. The number of ether oxygens (including phenoxy) is 1. The second-order valence-electron chi connectivity index (χ2n) is 7.90. The molecular formula is C30H28N4O3. The van der Waals surface area contributed by atoms with Crippen molar-refractivity contribution in [2.75, 3.05) is 17.7 Å². The van der Waals surface area contributed by atoms with Crippen molar-refractivity contribution >= 4 is 34.2 Å². The van der Waals surface area contributed by atoms with E-state index in [4.69, 9.17) is 4.74 Å². The summed E-state index contributed by atoms with van der Waals surface area (Å²) in [4.78, 5) is 32.9. The molecule has 5 rings (SSSR count). The van der Waals surface area contributed by atoms with Crippen LogP contribution in [0.3, 0.4) is 0 Å². The summed E-state index contributed by atoms with van der Waals surface area (Å²) in [5.41, 5.74) is 4.95. The molecule has 4 aromatic carbocycles. The van der Waals surface area contributed by atoms with Crippen LogP contribution in [-0.2, 0) is 0 Å². The lowest BCUT2D eigenvalue weighted by Gasteiger charge is -2.06. The first-order chi connectivity index (χ1) is 18.1. The number of aromatic amines is 1. The summed E-state index contributed by atoms with van der Waals surface area (Å²) in [5.74, 6) is 1.02. The number of nitrogens with one attached hydrogen (secondary N) is 3. The molecule has 0 aliphatic carbocycles. The average molecular weight is 493 g/mol. The van der Waals surface area contributed by atoms with E-state index in [2.05, 4.69) is 20.6 Å². The third-order valence-electron chi connectivity index (χ3n) is 5.54. The molecule has 3 N–H and O–H groups in total. The molecule has 0 aliphatic rings. The molecule has 0 atom stereocenters. The van der Waals surface area contributed by atoms with Gasteiger partial charge in [-0.2, -0.15) is 0 Å². The Morgan fingerprint density at radius 1 is 0.730 bits per heavy atom. The molecule has 0 spiro atoms. The molecule has 0 unspecified atom stereocenters. The van der Waals surface area contributed by atoms with Gasteiger partial charge in [0.25, 0.3) is 11.8 Å². The summed E-state index contributed by atoms with van der Waals surface area (Å²) >= 11 is 0. The molecule has 0 saturated carbocycles. The first kappa shape index (κ1) is 25.2. The molecule has 1 heterocycles. The van der Waals surface area contributed by atoms with E-state index in [1.165, 1.54) is 0 Å². The number of anilines is 2. The number of nitrogens with zero attached hydrogens (tertiary/aromatic N) is 1. The van der Waals surface area contributed by atoms with Gasteiger partial charge in [0.2, 0.25) is 0 Å². The largest absolute Gasteiger partial charge is 0.497 e. The highest BCUT2D eigenvalue weighted by Crippen LogP contribution is 2.25. The molecule has 1 aromatic heterocycles. The van der Waals surface area contributed by atoms with Gasteiger partial charge in [0.05, 0.1) is 18.1 Å². The van der Waals surface area contributed by atoms with E-state index in [-0.39, 0.29) is 11.8 Å². The fourth-order valence-electron chi connectivity index (χ4n) is 3.67. The number of benzene rings is 4. The van der Waals surface area contributed by atoms with Crippen LogP contribution in [0, 0.1) is 0 Å². The zero-order valence-corrected chi connectivity index (χ0v) is 20.9. The maximum absolute atomic E-state index is 12.6. The van der Waals surface area contributed by atoms with Crippen LogP contribution in [0.4, 0.5) is 11.4 Å². The number of carbonyl (C=O) groups excluding carboxylic acids is 2. The number of methoxy groups -OCH3 is 1. The van der Waals surface area contributed by atoms with Crippen molar-refractivity contribution in [2.24, 2.45) is 0 Å². The van der Waals surface area contributed by atoms with Crippen molar-refractivity contribution < 1.29 is 14.3 Å². The number of fused-ring (bicyclic) bond motifs is 1. The smallest absolute Gasteiger partial charge is 0.255 e. The van der Waals surface area contributed by atoms with Gasteiger partial charge in [0.1, 0.15) is 11.6 Å². The predicted octanol–water partition coefficient (Wildman–Crippen LogP) is 6.77. The lowest BCUT2D eigenvalue weighted by atomic mass is 10.1. The zero-order valence-electron chi connectivity index (χ0n) is 20.9. The third-order valence-corrected chi connectivity index (χ3v) is 5.54. The molecule has 37 heavy (non-hydrogen) atoms. The number of amides is 2. The number of imidazole rings is 1. The van der Waals surface area contributed by atoms with Crippen LogP contribution in [0.5, 0.6) is 5.75 Å². The zero-order chi connectivity index (χ0) is 26.2. The maximum atomic E-state index is 12.6. The Balaban J connectivity index is 0.00000156. The lowest BCUT2D eigenvalue weighted by Crippen LogP contribution is -2.11. The van der Waals surface area contributed by atoms with E-state index in [0.29, 0.717) is 34.1 Å². The van der Waals surface area contributed by atoms with Crippen LogP contribution in [-0.4, -0.2) is 28.9 Å². The number of hydrogen-bond donors (Lipinski definition) is 3. The lowest BCUT2D eigenvalue weighted by molar-refractivity contribution is 0.101. The first-order valence-corrected chi connectivity index (χ1v) is 12.0. The van der Waals surface area contributed by atoms with Gasteiger partial charge in [0.15, 0.2) is 0 Å². The van der Waals surface area contributed by atoms with Crippen LogP contribution < -0.4 is 15.4 Å². The van der Waals surface area contributed by atoms with Gasteiger partial charge in [-0.05, 0) is 78.9 Å². The van der Waals surface area contributed by atoms with Crippen LogP contribution in [0.25, 0.3) is 22.4 Å². The molecule has 7 nitrogen and oxygen atoms in total. The van der Waals surface area contributed by atoms with Crippen molar-refractivity contribution in [1.82, 2.24) is 9.97 Å². The molecule has 2 amide bonds. The SMILES string of the molecule is CC.COc1ccc(C(=O)Nc2ccc3nc(-c4ccc(NC(=O)c5ccccc5)cc4)[nH]c3c2)cc1. The second kappa shape index (κ2) is 11.7. The molecule has 7 heteroatoms. The van der Waals surface area contributed by atoms with Crippen molar-refractivity contribution in [2.45, 2.75) is 13.8 Å². The summed E-state index contributed by atoms with van der Waals surface area (Å²) < 4.78 is 5.13. The fraction of sp³-hybridized carbons (Fsp3) is 0.100. The Morgan fingerprint density at radius 3 is 1.97 bits per heavy atom. The topological polar surface area (TPSA) is 96.1 Å². The normalized spacial score (nSPS) is 10.2. The van der Waals surface area contributed by atoms with E-state index in [1.807, 2.05) is 74.5 Å². The van der Waals surface area contributed by atoms with Crippen LogP contribution in [0.15, 0.2) is 97.1 Å². The third kappa shape index (κ3) is 6.02. The second-order valence-corrected chi connectivity index (χ2v) is 7.90. The molecule has 186 valence electrons. The molecule has 0 bridgehead atoms. The summed E-state index contributed by atoms with van der Waals surface area (Å²) in [6.45, 7) is 4.00. The summed E-state index contributed by atoms with van der Waals surface area (Å²) in [6, 6.07) is 29.0. The van der Waals surface area contributed by atoms with Gasteiger partial charge in [-0.1, -0.05) is 32.0 Å². The molecule has 0 aliphatic heterocycles. The molecule has 0 saturated heterocycles. The number of rotatable bonds is 6. The minimum absolute atomic E-state index is 0.161. The minimum Gasteiger partial charge on any atom is -0.497 e. The van der Waals surface area contributed by atoms with Gasteiger partial charge in [-0.15, -0.1) is 0 Å². The fourth-order valence-corrected chi connectivity index (χ4v) is 3.67. The molecule has 0 radical (unpaired) electrons. The monoisotopic (exact) mass is 492 g/mol. The maximum Gasteiger partial charge on any atom is 0.255 e. The Morgan fingerprint density at radius 2 is 1.32 bits per heavy atom. The minimum atomic E-state index is -0.208. The molecule has 0 fully saturated rings. The first-order valence-electron chi connectivity index (χ1n) is 12.0. The summed E-state index contributed by atoms with van der Waals surface area (Å²) in [7, 11) is 1.58. The van der Waals surface area contributed by atoms with E-state index in [9.17, 15) is 9.59 Å². The van der Waals surface area contributed by atoms with Gasteiger partial charge >= 0.3 is 0 Å². The number of H-pyrrole nitrogens is 1. The highest BCUT2D eigenvalue weighted by atomic mass is 16.5. The predicted molar refractivity (Wildman–Crippen MR) is 148 cm³/mol. The van der Waals surface area contributed by atoms with Crippen molar-refractivity contribution in [1.29, 1.82) is 0 Å². The Labute approximate surface area is 215 Å². The average Bonchev–Trinajstić information content (AvgIpc) is 3.38. The van der Waals surface area contributed by atoms with Gasteiger partial charge < -0.3 is 20.4 Å². The number of carbonyl (C=O) groups is 2. The van der Waals surface area contributed by atoms with E-state index in [1.54, 1.807) is 43.5 Å². The number of aromatic nitrogens is 2. The van der Waals surface area contributed by atoms with Crippen molar-refractivity contribution in [3.63, 3.8) is 0 Å². The Hall–Kier alpha value is -4.91. The van der Waals surface area contributed by atoms with E-state index in [0.717, 1.165) is 16.6 Å². The van der Waals surface area contributed by atoms with Crippen molar-refractivity contribution in [3.05, 3.63) is 108 Å². The highest BCUT2D eigenvalue weighted by Gasteiger charge is 2.10. The van der Waals surface area contributed by atoms with Crippen LogP contribution in [0.2, 0.25) is 0 Å². The quantitative estimate of drug-likeness (QED) is 0.244. The Bertz CT molecular complexity index is 1490. The van der Waals surface area contributed by atoms with E-state index < -0.39 is 0 Å². The van der Waals surface area contributed by atoms with Crippen LogP contribution in [0.1, 0.15) is 34.6 Å². The van der Waals surface area contributed by atoms with Gasteiger partial charge in [-0.3, -0.25) is 9.59 Å². The molecule has 5 aromatic rings. The van der Waals surface area contributed by atoms with Crippen LogP contribution >= 0.6 is 0 Å². The van der Waals surface area contributed by atoms with Gasteiger partial charge in [0, 0.05) is 28.1 Å². The Kier molecular flexibility index (Phi) is 7.95. The standard InChI is InChI=1S/C28H22N4O3.C2H6/c1-35-23-14-9-20(10-15-23)28(34)30-22-13-16-24-25(17-22)32-26(31-24)18-7-11-21(12-8-18)29-27(33)19-5-3-2-4-6-19;1-2/h2-17H,1H3,(H,29,33)(H,30,34)(H,31,32);1-2H3.